The van der Waals surface area contributed by atoms with E-state index in [9.17, 15) is 14.0 Å². The molecule has 5 rings (SSSR count). The minimum absolute atomic E-state index is 0.00844. The Labute approximate surface area is 173 Å². The number of hydrogen-bond donors (Lipinski definition) is 0. The third kappa shape index (κ3) is 2.79. The average Bonchev–Trinajstić information content (AvgIpc) is 3.03. The summed E-state index contributed by atoms with van der Waals surface area (Å²) in [6, 6.07) is 19.6. The van der Waals surface area contributed by atoms with Crippen LogP contribution in [0.15, 0.2) is 86.5 Å². The van der Waals surface area contributed by atoms with Crippen LogP contribution in [0.25, 0.3) is 11.0 Å². The van der Waals surface area contributed by atoms with Gasteiger partial charge in [-0.2, -0.15) is 0 Å². The molecular weight excluding hydrogens is 437 g/mol. The highest BCUT2D eigenvalue weighted by atomic mass is 79.9. The van der Waals surface area contributed by atoms with E-state index in [0.29, 0.717) is 5.69 Å². The third-order valence-electron chi connectivity index (χ3n) is 5.05. The number of carbonyl (C=O) groups excluding carboxylic acids is 1. The van der Waals surface area contributed by atoms with Gasteiger partial charge in [0.1, 0.15) is 11.4 Å². The molecule has 1 aliphatic rings. The van der Waals surface area contributed by atoms with Crippen molar-refractivity contribution in [1.82, 2.24) is 0 Å². The lowest BCUT2D eigenvalue weighted by Crippen LogP contribution is -2.29. The Hall–Kier alpha value is -3.25. The second kappa shape index (κ2) is 6.67. The molecule has 4 aromatic rings. The molecule has 0 N–H and O–H groups in total. The first-order valence-corrected chi connectivity index (χ1v) is 9.74. The van der Waals surface area contributed by atoms with Crippen molar-refractivity contribution in [3.63, 3.8) is 0 Å². The predicted molar refractivity (Wildman–Crippen MR) is 112 cm³/mol. The van der Waals surface area contributed by atoms with Crippen LogP contribution in [0.2, 0.25) is 0 Å². The predicted octanol–water partition coefficient (Wildman–Crippen LogP) is 5.44. The van der Waals surface area contributed by atoms with E-state index in [-0.39, 0.29) is 22.3 Å². The lowest BCUT2D eigenvalue weighted by Gasteiger charge is -2.25. The Bertz CT molecular complexity index is 1320. The molecule has 29 heavy (non-hydrogen) atoms. The number of amides is 1. The highest BCUT2D eigenvalue weighted by Crippen LogP contribution is 2.41. The van der Waals surface area contributed by atoms with Crippen LogP contribution in [-0.2, 0) is 0 Å². The Kier molecular flexibility index (Phi) is 4.10. The number of anilines is 1. The Morgan fingerprint density at radius 2 is 1.66 bits per heavy atom. The van der Waals surface area contributed by atoms with Crippen molar-refractivity contribution in [2.45, 2.75) is 6.04 Å². The molecule has 4 nitrogen and oxygen atoms in total. The summed E-state index contributed by atoms with van der Waals surface area (Å²) in [7, 11) is 0. The van der Waals surface area contributed by atoms with Gasteiger partial charge < -0.3 is 4.42 Å². The molecule has 0 fully saturated rings. The molecule has 3 aromatic carbocycles. The molecule has 0 aliphatic carbocycles. The van der Waals surface area contributed by atoms with Crippen molar-refractivity contribution in [2.75, 3.05) is 4.90 Å². The molecule has 1 atom stereocenters. The number of halogens is 2. The van der Waals surface area contributed by atoms with Crippen LogP contribution in [0, 0.1) is 5.82 Å². The smallest absolute Gasteiger partial charge is 0.295 e. The standard InChI is InChI=1S/C23H13BrFNO3/c24-14-6-9-16(10-7-14)26-20(13-4-2-1-3-5-13)19-21(27)17-12-15(25)8-11-18(17)29-22(19)23(26)28/h1-12,20H. The van der Waals surface area contributed by atoms with E-state index in [4.69, 9.17) is 4.42 Å². The lowest BCUT2D eigenvalue weighted by atomic mass is 9.98. The fraction of sp³-hybridized carbons (Fsp3) is 0.0435. The highest BCUT2D eigenvalue weighted by Gasteiger charge is 2.43. The molecule has 0 saturated heterocycles. The summed E-state index contributed by atoms with van der Waals surface area (Å²) in [5.74, 6) is -0.944. The van der Waals surface area contributed by atoms with Crippen molar-refractivity contribution in [3.8, 4) is 0 Å². The van der Waals surface area contributed by atoms with Crippen LogP contribution in [0.1, 0.15) is 27.7 Å². The number of fused-ring (bicyclic) bond motifs is 2. The number of rotatable bonds is 2. The van der Waals surface area contributed by atoms with Gasteiger partial charge in [0.05, 0.1) is 17.0 Å². The van der Waals surface area contributed by atoms with E-state index in [1.165, 1.54) is 12.1 Å². The second-order valence-electron chi connectivity index (χ2n) is 6.78. The van der Waals surface area contributed by atoms with E-state index in [2.05, 4.69) is 15.9 Å². The summed E-state index contributed by atoms with van der Waals surface area (Å²) in [6.45, 7) is 0. The molecule has 0 bridgehead atoms. The van der Waals surface area contributed by atoms with Gasteiger partial charge in [0, 0.05) is 10.2 Å². The zero-order valence-corrected chi connectivity index (χ0v) is 16.5. The maximum atomic E-state index is 13.8. The first-order chi connectivity index (χ1) is 14.0. The third-order valence-corrected chi connectivity index (χ3v) is 5.58. The fourth-order valence-electron chi connectivity index (χ4n) is 3.76. The summed E-state index contributed by atoms with van der Waals surface area (Å²) in [6.07, 6.45) is 0. The van der Waals surface area contributed by atoms with Crippen LogP contribution in [-0.4, -0.2) is 5.91 Å². The van der Waals surface area contributed by atoms with Crippen molar-refractivity contribution >= 4 is 38.5 Å². The summed E-state index contributed by atoms with van der Waals surface area (Å²) in [4.78, 5) is 28.2. The van der Waals surface area contributed by atoms with Crippen LogP contribution < -0.4 is 10.3 Å². The van der Waals surface area contributed by atoms with Crippen molar-refractivity contribution in [1.29, 1.82) is 0 Å². The molecule has 0 saturated carbocycles. The molecular formula is C23H13BrFNO3. The summed E-state index contributed by atoms with van der Waals surface area (Å²) >= 11 is 3.40. The fourth-order valence-corrected chi connectivity index (χ4v) is 4.03. The van der Waals surface area contributed by atoms with E-state index in [1.54, 1.807) is 17.0 Å². The molecule has 1 unspecified atom stereocenters. The van der Waals surface area contributed by atoms with E-state index >= 15 is 0 Å². The normalized spacial score (nSPS) is 15.7. The molecule has 0 radical (unpaired) electrons. The molecule has 142 valence electrons. The van der Waals surface area contributed by atoms with Crippen molar-refractivity contribution < 1.29 is 13.6 Å². The molecule has 1 aromatic heterocycles. The van der Waals surface area contributed by atoms with Gasteiger partial charge in [0.25, 0.3) is 5.91 Å². The first kappa shape index (κ1) is 17.8. The van der Waals surface area contributed by atoms with E-state index in [1.807, 2.05) is 42.5 Å². The number of carbonyl (C=O) groups is 1. The van der Waals surface area contributed by atoms with Crippen molar-refractivity contribution in [2.24, 2.45) is 0 Å². The van der Waals surface area contributed by atoms with Gasteiger partial charge in [0.15, 0.2) is 5.43 Å². The molecule has 1 aliphatic heterocycles. The first-order valence-electron chi connectivity index (χ1n) is 8.95. The van der Waals surface area contributed by atoms with Gasteiger partial charge in [-0.05, 0) is 48.0 Å². The largest absolute Gasteiger partial charge is 0.450 e. The second-order valence-corrected chi connectivity index (χ2v) is 7.69. The highest BCUT2D eigenvalue weighted by molar-refractivity contribution is 9.10. The van der Waals surface area contributed by atoms with Gasteiger partial charge in [-0.1, -0.05) is 46.3 Å². The van der Waals surface area contributed by atoms with Gasteiger partial charge in [0.2, 0.25) is 5.76 Å². The van der Waals surface area contributed by atoms with Gasteiger partial charge in [-0.25, -0.2) is 4.39 Å². The topological polar surface area (TPSA) is 50.5 Å². The number of hydrogen-bond acceptors (Lipinski definition) is 3. The van der Waals surface area contributed by atoms with Crippen LogP contribution in [0.5, 0.6) is 0 Å². The van der Waals surface area contributed by atoms with Gasteiger partial charge in [-0.15, -0.1) is 0 Å². The van der Waals surface area contributed by atoms with Crippen LogP contribution in [0.4, 0.5) is 10.1 Å². The van der Waals surface area contributed by atoms with Crippen LogP contribution in [0.3, 0.4) is 0 Å². The minimum Gasteiger partial charge on any atom is -0.450 e. The van der Waals surface area contributed by atoms with E-state index in [0.717, 1.165) is 16.1 Å². The summed E-state index contributed by atoms with van der Waals surface area (Å²) in [5, 5.41) is 0.120. The Morgan fingerprint density at radius 3 is 2.38 bits per heavy atom. The number of nitrogens with zero attached hydrogens (tertiary/aromatic N) is 1. The van der Waals surface area contributed by atoms with Gasteiger partial charge >= 0.3 is 0 Å². The summed E-state index contributed by atoms with van der Waals surface area (Å²) < 4.78 is 20.5. The summed E-state index contributed by atoms with van der Waals surface area (Å²) in [5.41, 5.74) is 1.41. The van der Waals surface area contributed by atoms with Gasteiger partial charge in [-0.3, -0.25) is 14.5 Å². The minimum atomic E-state index is -0.663. The van der Waals surface area contributed by atoms with Crippen molar-refractivity contribution in [3.05, 3.63) is 110 Å². The lowest BCUT2D eigenvalue weighted by molar-refractivity contribution is 0.0971. The average molecular weight is 450 g/mol. The Balaban J connectivity index is 1.82. The maximum absolute atomic E-state index is 13.8. The quantitative estimate of drug-likeness (QED) is 0.409. The zero-order valence-electron chi connectivity index (χ0n) is 14.9. The monoisotopic (exact) mass is 449 g/mol. The van der Waals surface area contributed by atoms with E-state index < -0.39 is 23.2 Å². The maximum Gasteiger partial charge on any atom is 0.295 e. The number of benzene rings is 3. The molecule has 1 amide bonds. The SMILES string of the molecule is O=C1c2oc3ccc(F)cc3c(=O)c2C(c2ccccc2)N1c1ccc(Br)cc1. The van der Waals surface area contributed by atoms with Crippen LogP contribution >= 0.6 is 15.9 Å². The molecule has 6 heteroatoms. The Morgan fingerprint density at radius 1 is 0.931 bits per heavy atom. The zero-order chi connectivity index (χ0) is 20.1. The molecule has 2 heterocycles. The molecule has 0 spiro atoms.